The Hall–Kier alpha value is -0.150. The minimum absolute atomic E-state index is 0.204. The fourth-order valence-electron chi connectivity index (χ4n) is 0.332. The molecule has 0 aliphatic rings. The highest BCUT2D eigenvalue weighted by Crippen LogP contribution is 1.93. The molecular weight excluding hydrogens is 122 g/mol. The normalized spacial score (nSPS) is 13.2. The number of hydrogen-bond donors (Lipinski definition) is 1. The van der Waals surface area contributed by atoms with Crippen molar-refractivity contribution < 1.29 is 4.74 Å². The van der Waals surface area contributed by atoms with E-state index < -0.39 is 0 Å². The summed E-state index contributed by atoms with van der Waals surface area (Å²) in [6, 6.07) is 0. The predicted molar refractivity (Wildman–Crippen MR) is 37.8 cm³/mol. The molecule has 0 amide bonds. The lowest BCUT2D eigenvalue weighted by molar-refractivity contribution is 0.182. The highest BCUT2D eigenvalue weighted by Gasteiger charge is 2.01. The summed E-state index contributed by atoms with van der Waals surface area (Å²) in [5, 5.41) is 0. The van der Waals surface area contributed by atoms with Crippen molar-refractivity contribution >= 4 is 17.2 Å². The van der Waals surface area contributed by atoms with Crippen LogP contribution in [0.1, 0.15) is 6.92 Å². The van der Waals surface area contributed by atoms with Gasteiger partial charge in [0.1, 0.15) is 0 Å². The van der Waals surface area contributed by atoms with E-state index in [0.29, 0.717) is 11.6 Å². The Morgan fingerprint density at radius 3 is 2.50 bits per heavy atom. The smallest absolute Gasteiger partial charge is 0.0779 e. The van der Waals surface area contributed by atoms with Crippen LogP contribution in [0.25, 0.3) is 0 Å². The fourth-order valence-corrected chi connectivity index (χ4v) is 0.400. The summed E-state index contributed by atoms with van der Waals surface area (Å²) >= 11 is 4.68. The zero-order valence-corrected chi connectivity index (χ0v) is 5.99. The van der Waals surface area contributed by atoms with Crippen LogP contribution in [0.15, 0.2) is 0 Å². The summed E-state index contributed by atoms with van der Waals surface area (Å²) in [4.78, 5) is 0.520. The van der Waals surface area contributed by atoms with E-state index in [9.17, 15) is 0 Å². The SMILES string of the molecule is COC[C@H](C)C(N)=S. The highest BCUT2D eigenvalue weighted by atomic mass is 32.1. The van der Waals surface area contributed by atoms with Crippen molar-refractivity contribution in [2.45, 2.75) is 6.92 Å². The van der Waals surface area contributed by atoms with Crippen molar-refractivity contribution in [3.63, 3.8) is 0 Å². The zero-order valence-electron chi connectivity index (χ0n) is 5.18. The topological polar surface area (TPSA) is 35.2 Å². The quantitative estimate of drug-likeness (QED) is 0.571. The molecule has 0 aliphatic heterocycles. The molecule has 0 saturated heterocycles. The van der Waals surface area contributed by atoms with E-state index in [-0.39, 0.29) is 5.92 Å². The van der Waals surface area contributed by atoms with E-state index in [4.69, 9.17) is 10.5 Å². The van der Waals surface area contributed by atoms with Gasteiger partial charge in [0.2, 0.25) is 0 Å². The lowest BCUT2D eigenvalue weighted by Crippen LogP contribution is -2.21. The second-order valence-corrected chi connectivity index (χ2v) is 2.23. The summed E-state index contributed by atoms with van der Waals surface area (Å²) in [5.74, 6) is 0.204. The van der Waals surface area contributed by atoms with Crippen LogP contribution >= 0.6 is 12.2 Å². The van der Waals surface area contributed by atoms with Gasteiger partial charge in [-0.25, -0.2) is 0 Å². The number of hydrogen-bond acceptors (Lipinski definition) is 2. The molecule has 1 atom stereocenters. The third kappa shape index (κ3) is 2.93. The molecule has 2 N–H and O–H groups in total. The number of thiocarbonyl (C=S) groups is 1. The standard InChI is InChI=1S/C5H11NOS/c1-4(3-7-2)5(6)8/h4H,3H2,1-2H3,(H2,6,8)/t4-/m0/s1. The minimum Gasteiger partial charge on any atom is -0.393 e. The largest absolute Gasteiger partial charge is 0.393 e. The van der Waals surface area contributed by atoms with E-state index in [1.165, 1.54) is 0 Å². The summed E-state index contributed by atoms with van der Waals surface area (Å²) in [6.07, 6.45) is 0. The van der Waals surface area contributed by atoms with Gasteiger partial charge in [0, 0.05) is 13.0 Å². The van der Waals surface area contributed by atoms with E-state index in [0.717, 1.165) is 0 Å². The third-order valence-electron chi connectivity index (χ3n) is 0.902. The van der Waals surface area contributed by atoms with Gasteiger partial charge in [0.15, 0.2) is 0 Å². The van der Waals surface area contributed by atoms with Crippen molar-refractivity contribution in [1.29, 1.82) is 0 Å². The highest BCUT2D eigenvalue weighted by molar-refractivity contribution is 7.80. The lowest BCUT2D eigenvalue weighted by Gasteiger charge is -2.05. The average Bonchev–Trinajstić information content (AvgIpc) is 1.67. The van der Waals surface area contributed by atoms with Crippen LogP contribution in [0.2, 0.25) is 0 Å². The van der Waals surface area contributed by atoms with E-state index in [2.05, 4.69) is 12.2 Å². The Bertz CT molecular complexity index is 84.5. The zero-order chi connectivity index (χ0) is 6.57. The molecular formula is C5H11NOS. The average molecular weight is 133 g/mol. The fraction of sp³-hybridized carbons (Fsp3) is 0.800. The molecule has 2 nitrogen and oxygen atoms in total. The first-order chi connectivity index (χ1) is 3.68. The summed E-state index contributed by atoms with van der Waals surface area (Å²) < 4.78 is 4.80. The minimum atomic E-state index is 0.204. The molecule has 0 saturated carbocycles. The van der Waals surface area contributed by atoms with Gasteiger partial charge in [-0.3, -0.25) is 0 Å². The molecule has 48 valence electrons. The van der Waals surface area contributed by atoms with Crippen molar-refractivity contribution in [2.75, 3.05) is 13.7 Å². The molecule has 0 rings (SSSR count). The predicted octanol–water partition coefficient (Wildman–Crippen LogP) is 0.555. The Morgan fingerprint density at radius 2 is 2.38 bits per heavy atom. The molecule has 0 aromatic carbocycles. The Labute approximate surface area is 55.0 Å². The van der Waals surface area contributed by atoms with Gasteiger partial charge < -0.3 is 10.5 Å². The van der Waals surface area contributed by atoms with E-state index in [1.54, 1.807) is 7.11 Å². The molecule has 0 aliphatic carbocycles. The molecule has 0 unspecified atom stereocenters. The molecule has 3 heteroatoms. The van der Waals surface area contributed by atoms with Gasteiger partial charge in [-0.2, -0.15) is 0 Å². The molecule has 0 aromatic heterocycles. The van der Waals surface area contributed by atoms with Crippen molar-refractivity contribution in [3.8, 4) is 0 Å². The van der Waals surface area contributed by atoms with Crippen LogP contribution in [0.5, 0.6) is 0 Å². The molecule has 0 spiro atoms. The Morgan fingerprint density at radius 1 is 1.88 bits per heavy atom. The van der Waals surface area contributed by atoms with Gasteiger partial charge in [-0.1, -0.05) is 19.1 Å². The molecule has 0 radical (unpaired) electrons. The van der Waals surface area contributed by atoms with Crippen molar-refractivity contribution in [2.24, 2.45) is 11.7 Å². The third-order valence-corrected chi connectivity index (χ3v) is 1.30. The second kappa shape index (κ2) is 3.80. The maximum atomic E-state index is 5.27. The monoisotopic (exact) mass is 133 g/mol. The number of nitrogens with two attached hydrogens (primary N) is 1. The maximum absolute atomic E-state index is 5.27. The van der Waals surface area contributed by atoms with Crippen LogP contribution < -0.4 is 5.73 Å². The van der Waals surface area contributed by atoms with Gasteiger partial charge in [0.05, 0.1) is 11.6 Å². The Balaban J connectivity index is 3.32. The molecule has 0 heterocycles. The van der Waals surface area contributed by atoms with Crippen LogP contribution in [0.3, 0.4) is 0 Å². The van der Waals surface area contributed by atoms with Gasteiger partial charge in [-0.05, 0) is 0 Å². The van der Waals surface area contributed by atoms with E-state index >= 15 is 0 Å². The summed E-state index contributed by atoms with van der Waals surface area (Å²) in [7, 11) is 1.63. The van der Waals surface area contributed by atoms with Gasteiger partial charge in [-0.15, -0.1) is 0 Å². The number of methoxy groups -OCH3 is 1. The molecule has 8 heavy (non-hydrogen) atoms. The Kier molecular flexibility index (Phi) is 3.73. The van der Waals surface area contributed by atoms with Crippen LogP contribution in [-0.4, -0.2) is 18.7 Å². The molecule has 0 fully saturated rings. The lowest BCUT2D eigenvalue weighted by atomic mass is 10.2. The van der Waals surface area contributed by atoms with Crippen LogP contribution in [0.4, 0.5) is 0 Å². The van der Waals surface area contributed by atoms with Crippen LogP contribution in [0, 0.1) is 5.92 Å². The van der Waals surface area contributed by atoms with Crippen LogP contribution in [-0.2, 0) is 4.74 Å². The second-order valence-electron chi connectivity index (χ2n) is 1.76. The summed E-state index contributed by atoms with van der Waals surface area (Å²) in [5.41, 5.74) is 5.27. The first-order valence-corrected chi connectivity index (χ1v) is 2.87. The van der Waals surface area contributed by atoms with Gasteiger partial charge >= 0.3 is 0 Å². The van der Waals surface area contributed by atoms with Gasteiger partial charge in [0.25, 0.3) is 0 Å². The first kappa shape index (κ1) is 7.85. The first-order valence-electron chi connectivity index (χ1n) is 2.46. The maximum Gasteiger partial charge on any atom is 0.0779 e. The molecule has 0 aromatic rings. The summed E-state index contributed by atoms with van der Waals surface area (Å²) in [6.45, 7) is 2.56. The number of ether oxygens (including phenoxy) is 1. The van der Waals surface area contributed by atoms with Crippen molar-refractivity contribution in [3.05, 3.63) is 0 Å². The number of rotatable bonds is 3. The van der Waals surface area contributed by atoms with E-state index in [1.807, 2.05) is 6.92 Å². The van der Waals surface area contributed by atoms with Crippen molar-refractivity contribution in [1.82, 2.24) is 0 Å². The molecule has 0 bridgehead atoms.